The molecule has 36 heavy (non-hydrogen) atoms. The van der Waals surface area contributed by atoms with Crippen molar-refractivity contribution in [3.8, 4) is 0 Å². The van der Waals surface area contributed by atoms with Gasteiger partial charge in [0, 0.05) is 39.6 Å². The summed E-state index contributed by atoms with van der Waals surface area (Å²) in [5.74, 6) is -0.824. The predicted octanol–water partition coefficient (Wildman–Crippen LogP) is 1.96. The van der Waals surface area contributed by atoms with Crippen molar-refractivity contribution in [2.45, 2.75) is 49.6 Å². The summed E-state index contributed by atoms with van der Waals surface area (Å²) >= 11 is 0. The van der Waals surface area contributed by atoms with E-state index in [1.165, 1.54) is 62.3 Å². The molecule has 0 aromatic heterocycles. The Labute approximate surface area is 213 Å². The maximum atomic E-state index is 13.7. The van der Waals surface area contributed by atoms with Gasteiger partial charge in [-0.05, 0) is 63.1 Å². The molecule has 0 aliphatic carbocycles. The van der Waals surface area contributed by atoms with Crippen LogP contribution in [-0.2, 0) is 29.6 Å². The van der Waals surface area contributed by atoms with Gasteiger partial charge in [-0.2, -0.15) is 0 Å². The molecule has 1 heterocycles. The fourth-order valence-electron chi connectivity index (χ4n) is 4.10. The van der Waals surface area contributed by atoms with E-state index in [9.17, 15) is 26.4 Å². The molecule has 2 amide bonds. The van der Waals surface area contributed by atoms with Crippen LogP contribution in [0, 0.1) is 13.8 Å². The molecule has 2 unspecified atom stereocenters. The van der Waals surface area contributed by atoms with Crippen LogP contribution in [0.25, 0.3) is 0 Å². The van der Waals surface area contributed by atoms with E-state index in [-0.39, 0.29) is 9.79 Å². The van der Waals surface area contributed by atoms with Crippen molar-refractivity contribution < 1.29 is 26.4 Å². The number of anilines is 2. The molecule has 1 saturated heterocycles. The SMILES string of the molecule is Cc1ccc(S(=O)(=O)N(C)C)cc1N1C(=O)C(C)N(c2cc(S(=O)(=O)N(C)C)ccc2C)C(=O)C1C. The van der Waals surface area contributed by atoms with Gasteiger partial charge in [0.15, 0.2) is 0 Å². The third kappa shape index (κ3) is 4.54. The van der Waals surface area contributed by atoms with Crippen molar-refractivity contribution >= 4 is 43.2 Å². The summed E-state index contributed by atoms with van der Waals surface area (Å²) in [6, 6.07) is 7.03. The number of hydrogen-bond donors (Lipinski definition) is 0. The van der Waals surface area contributed by atoms with Crippen LogP contribution in [-0.4, -0.2) is 77.5 Å². The Hall–Kier alpha value is -2.80. The van der Waals surface area contributed by atoms with Crippen LogP contribution in [0.2, 0.25) is 0 Å². The summed E-state index contributed by atoms with van der Waals surface area (Å²) in [6.45, 7) is 6.62. The molecular weight excluding hydrogens is 504 g/mol. The van der Waals surface area contributed by atoms with E-state index < -0.39 is 43.9 Å². The van der Waals surface area contributed by atoms with Crippen molar-refractivity contribution in [2.75, 3.05) is 38.0 Å². The summed E-state index contributed by atoms with van der Waals surface area (Å²) in [6.07, 6.45) is 0. The van der Waals surface area contributed by atoms with Crippen molar-refractivity contribution in [3.63, 3.8) is 0 Å². The molecule has 0 radical (unpaired) electrons. The third-order valence-electron chi connectivity index (χ3n) is 6.40. The first-order valence-electron chi connectivity index (χ1n) is 11.3. The molecule has 0 spiro atoms. The monoisotopic (exact) mass is 536 g/mol. The van der Waals surface area contributed by atoms with Crippen LogP contribution in [0.15, 0.2) is 46.2 Å². The number of benzene rings is 2. The Morgan fingerprint density at radius 3 is 1.22 bits per heavy atom. The summed E-state index contributed by atoms with van der Waals surface area (Å²) in [7, 11) is -1.86. The summed E-state index contributed by atoms with van der Waals surface area (Å²) in [5, 5.41) is 0. The number of carbonyl (C=O) groups excluding carboxylic acids is 2. The number of sulfonamides is 2. The number of hydrogen-bond acceptors (Lipinski definition) is 6. The van der Waals surface area contributed by atoms with E-state index in [0.29, 0.717) is 22.5 Å². The van der Waals surface area contributed by atoms with Crippen molar-refractivity contribution in [2.24, 2.45) is 0 Å². The van der Waals surface area contributed by atoms with Gasteiger partial charge in [0.05, 0.1) is 9.79 Å². The van der Waals surface area contributed by atoms with Crippen molar-refractivity contribution in [1.82, 2.24) is 8.61 Å². The Morgan fingerprint density at radius 2 is 0.944 bits per heavy atom. The topological polar surface area (TPSA) is 115 Å². The highest BCUT2D eigenvalue weighted by molar-refractivity contribution is 7.89. The first-order valence-corrected chi connectivity index (χ1v) is 14.1. The molecular formula is C24H32N4O6S2. The fraction of sp³-hybridized carbons (Fsp3) is 0.417. The van der Waals surface area contributed by atoms with E-state index in [0.717, 1.165) is 8.61 Å². The minimum atomic E-state index is -3.76. The summed E-state index contributed by atoms with van der Waals surface area (Å²) < 4.78 is 53.0. The molecule has 2 aromatic rings. The second kappa shape index (κ2) is 9.58. The molecule has 2 aromatic carbocycles. The van der Waals surface area contributed by atoms with E-state index >= 15 is 0 Å². The lowest BCUT2D eigenvalue weighted by Crippen LogP contribution is -2.64. The molecule has 3 rings (SSSR count). The van der Waals surface area contributed by atoms with Gasteiger partial charge < -0.3 is 0 Å². The second-order valence-electron chi connectivity index (χ2n) is 9.24. The molecule has 0 N–H and O–H groups in total. The minimum Gasteiger partial charge on any atom is -0.298 e. The molecule has 2 atom stereocenters. The maximum Gasteiger partial charge on any atom is 0.250 e. The Balaban J connectivity index is 2.11. The third-order valence-corrected chi connectivity index (χ3v) is 10.0. The Bertz CT molecular complexity index is 1320. The lowest BCUT2D eigenvalue weighted by molar-refractivity contribution is -0.130. The number of nitrogens with zero attached hydrogens (tertiary/aromatic N) is 4. The smallest absolute Gasteiger partial charge is 0.250 e. The number of piperazine rings is 1. The molecule has 196 valence electrons. The van der Waals surface area contributed by atoms with Gasteiger partial charge in [-0.25, -0.2) is 25.4 Å². The van der Waals surface area contributed by atoms with Crippen LogP contribution in [0.3, 0.4) is 0 Å². The van der Waals surface area contributed by atoms with Crippen LogP contribution < -0.4 is 9.80 Å². The molecule has 12 heteroatoms. The average Bonchev–Trinajstić information content (AvgIpc) is 2.79. The second-order valence-corrected chi connectivity index (χ2v) is 13.5. The molecule has 10 nitrogen and oxygen atoms in total. The first-order chi connectivity index (χ1) is 16.5. The van der Waals surface area contributed by atoms with Crippen LogP contribution in [0.5, 0.6) is 0 Å². The van der Waals surface area contributed by atoms with E-state index in [4.69, 9.17) is 0 Å². The number of rotatable bonds is 6. The normalized spacial score (nSPS) is 19.5. The van der Waals surface area contributed by atoms with Crippen LogP contribution in [0.1, 0.15) is 25.0 Å². The summed E-state index contributed by atoms with van der Waals surface area (Å²) in [5.41, 5.74) is 1.93. The van der Waals surface area contributed by atoms with Gasteiger partial charge in [-0.1, -0.05) is 12.1 Å². The van der Waals surface area contributed by atoms with Gasteiger partial charge in [0.25, 0.3) is 11.8 Å². The maximum absolute atomic E-state index is 13.7. The number of amides is 2. The fourth-order valence-corrected chi connectivity index (χ4v) is 5.94. The van der Waals surface area contributed by atoms with E-state index in [1.54, 1.807) is 39.8 Å². The van der Waals surface area contributed by atoms with Gasteiger partial charge in [-0.3, -0.25) is 19.4 Å². The largest absolute Gasteiger partial charge is 0.298 e. The first kappa shape index (κ1) is 27.8. The molecule has 1 aliphatic heterocycles. The molecule has 0 saturated carbocycles. The minimum absolute atomic E-state index is 0.00747. The van der Waals surface area contributed by atoms with Crippen LogP contribution in [0.4, 0.5) is 11.4 Å². The zero-order valence-corrected chi connectivity index (χ0v) is 23.3. The molecule has 1 aliphatic rings. The van der Waals surface area contributed by atoms with E-state index in [1.807, 2.05) is 0 Å². The average molecular weight is 537 g/mol. The molecule has 1 fully saturated rings. The van der Waals surface area contributed by atoms with Gasteiger partial charge in [-0.15, -0.1) is 0 Å². The standard InChI is InChI=1S/C24H32N4O6S2/c1-15-9-11-19(35(31,32)25(5)6)13-21(15)27-17(3)24(30)28(18(4)23(27)29)22-14-20(12-10-16(22)2)36(33,34)26(7)8/h9-14,17-18H,1-8H3. The Morgan fingerprint density at radius 1 is 0.639 bits per heavy atom. The zero-order valence-electron chi connectivity index (χ0n) is 21.7. The molecule has 0 bridgehead atoms. The highest BCUT2D eigenvalue weighted by Gasteiger charge is 2.44. The quantitative estimate of drug-likeness (QED) is 0.558. The number of aryl methyl sites for hydroxylation is 2. The lowest BCUT2D eigenvalue weighted by Gasteiger charge is -2.43. The lowest BCUT2D eigenvalue weighted by atomic mass is 10.0. The van der Waals surface area contributed by atoms with Gasteiger partial charge in [0.1, 0.15) is 12.1 Å². The van der Waals surface area contributed by atoms with Gasteiger partial charge >= 0.3 is 0 Å². The van der Waals surface area contributed by atoms with Crippen molar-refractivity contribution in [3.05, 3.63) is 47.5 Å². The van der Waals surface area contributed by atoms with E-state index in [2.05, 4.69) is 0 Å². The zero-order chi connectivity index (χ0) is 27.3. The highest BCUT2D eigenvalue weighted by Crippen LogP contribution is 2.35. The van der Waals surface area contributed by atoms with Gasteiger partial charge in [0.2, 0.25) is 20.0 Å². The predicted molar refractivity (Wildman–Crippen MR) is 138 cm³/mol. The van der Waals surface area contributed by atoms with Crippen molar-refractivity contribution in [1.29, 1.82) is 0 Å². The summed E-state index contributed by atoms with van der Waals surface area (Å²) in [4.78, 5) is 30.0. The Kier molecular flexibility index (Phi) is 7.39. The van der Waals surface area contributed by atoms with Crippen LogP contribution >= 0.6 is 0 Å². The number of carbonyl (C=O) groups is 2. The highest BCUT2D eigenvalue weighted by atomic mass is 32.2.